The minimum Gasteiger partial charge on any atom is -0.465 e. The van der Waals surface area contributed by atoms with Crippen LogP contribution in [0, 0.1) is 5.92 Å². The summed E-state index contributed by atoms with van der Waals surface area (Å²) in [4.78, 5) is 23.2. The number of carbonyl (C=O) groups is 2. The van der Waals surface area contributed by atoms with Crippen LogP contribution in [-0.2, 0) is 4.79 Å². The molecule has 1 aliphatic rings. The van der Waals surface area contributed by atoms with Crippen LogP contribution in [0.2, 0.25) is 0 Å². The largest absolute Gasteiger partial charge is 0.465 e. The van der Waals surface area contributed by atoms with Crippen molar-refractivity contribution < 1.29 is 14.7 Å². The lowest BCUT2D eigenvalue weighted by atomic mass is 9.85. The number of hydrogen-bond acceptors (Lipinski definition) is 2. The molecule has 0 saturated heterocycles. The Morgan fingerprint density at radius 1 is 1.41 bits per heavy atom. The zero-order valence-corrected chi connectivity index (χ0v) is 10.6. The van der Waals surface area contributed by atoms with E-state index in [-0.39, 0.29) is 6.04 Å². The van der Waals surface area contributed by atoms with Crippen LogP contribution in [0.5, 0.6) is 0 Å². The number of carbonyl (C=O) groups excluding carboxylic acids is 1. The van der Waals surface area contributed by atoms with Crippen molar-refractivity contribution in [2.24, 2.45) is 5.92 Å². The molecule has 1 rings (SSSR count). The van der Waals surface area contributed by atoms with Gasteiger partial charge in [-0.15, -0.1) is 0 Å². The fraction of sp³-hybridized carbons (Fsp3) is 0.833. The minimum atomic E-state index is -0.955. The Kier molecular flexibility index (Phi) is 5.25. The third kappa shape index (κ3) is 4.24. The highest BCUT2D eigenvalue weighted by Crippen LogP contribution is 2.27. The maximum Gasteiger partial charge on any atom is 0.404 e. The highest BCUT2D eigenvalue weighted by molar-refractivity contribution is 5.64. The molecule has 1 saturated carbocycles. The van der Waals surface area contributed by atoms with Gasteiger partial charge in [-0.3, -0.25) is 4.79 Å². The molecule has 0 aromatic rings. The Balaban J connectivity index is 2.34. The van der Waals surface area contributed by atoms with Gasteiger partial charge in [0.25, 0.3) is 0 Å². The van der Waals surface area contributed by atoms with Crippen molar-refractivity contribution in [3.05, 3.63) is 0 Å². The molecule has 2 N–H and O–H groups in total. The van der Waals surface area contributed by atoms with E-state index in [1.54, 1.807) is 0 Å². The topological polar surface area (TPSA) is 69.6 Å². The Hall–Kier alpha value is -1.26. The van der Waals surface area contributed by atoms with Crippen molar-refractivity contribution in [1.29, 1.82) is 0 Å². The molecule has 1 aliphatic carbocycles. The standard InChI is InChI=1S/C12H22N2O3/c1-9(2)14(8-15)11-5-3-10(4-6-11)7-13-12(16)17/h8-11,13H,3-7H2,1-2H3,(H,16,17). The summed E-state index contributed by atoms with van der Waals surface area (Å²) in [6.07, 6.45) is 3.91. The van der Waals surface area contributed by atoms with E-state index in [4.69, 9.17) is 5.11 Å². The Labute approximate surface area is 102 Å². The highest BCUT2D eigenvalue weighted by Gasteiger charge is 2.26. The molecular formula is C12H22N2O3. The van der Waals surface area contributed by atoms with Crippen molar-refractivity contribution in [2.75, 3.05) is 6.54 Å². The monoisotopic (exact) mass is 242 g/mol. The fourth-order valence-electron chi connectivity index (χ4n) is 2.51. The average molecular weight is 242 g/mol. The smallest absolute Gasteiger partial charge is 0.404 e. The first-order chi connectivity index (χ1) is 8.04. The summed E-state index contributed by atoms with van der Waals surface area (Å²) < 4.78 is 0. The van der Waals surface area contributed by atoms with Crippen LogP contribution in [0.4, 0.5) is 4.79 Å². The Morgan fingerprint density at radius 3 is 2.41 bits per heavy atom. The van der Waals surface area contributed by atoms with E-state index in [9.17, 15) is 9.59 Å². The molecule has 0 heterocycles. The number of carboxylic acid groups (broad SMARTS) is 1. The van der Waals surface area contributed by atoms with Crippen LogP contribution in [0.25, 0.3) is 0 Å². The summed E-state index contributed by atoms with van der Waals surface area (Å²) in [6.45, 7) is 4.57. The van der Waals surface area contributed by atoms with E-state index in [2.05, 4.69) is 5.32 Å². The van der Waals surface area contributed by atoms with Gasteiger partial charge < -0.3 is 15.3 Å². The molecule has 0 unspecified atom stereocenters. The second-order valence-corrected chi connectivity index (χ2v) is 5.01. The SMILES string of the molecule is CC(C)N(C=O)C1CCC(CNC(=O)O)CC1. The molecule has 98 valence electrons. The predicted octanol–water partition coefficient (Wildman–Crippen LogP) is 1.68. The molecule has 0 spiro atoms. The molecule has 2 amide bonds. The van der Waals surface area contributed by atoms with Crippen LogP contribution in [0.3, 0.4) is 0 Å². The van der Waals surface area contributed by atoms with Crippen molar-refractivity contribution in [3.63, 3.8) is 0 Å². The van der Waals surface area contributed by atoms with Crippen LogP contribution in [-0.4, -0.2) is 41.1 Å². The van der Waals surface area contributed by atoms with Gasteiger partial charge in [0.2, 0.25) is 6.41 Å². The maximum absolute atomic E-state index is 11.0. The van der Waals surface area contributed by atoms with Crippen LogP contribution in [0.15, 0.2) is 0 Å². The molecule has 0 aliphatic heterocycles. The first-order valence-electron chi connectivity index (χ1n) is 6.24. The number of amides is 2. The van der Waals surface area contributed by atoms with Crippen molar-refractivity contribution in [2.45, 2.75) is 51.6 Å². The van der Waals surface area contributed by atoms with Gasteiger partial charge in [-0.2, -0.15) is 0 Å². The molecular weight excluding hydrogens is 220 g/mol. The average Bonchev–Trinajstić information content (AvgIpc) is 2.28. The summed E-state index contributed by atoms with van der Waals surface area (Å²) in [5, 5.41) is 11.0. The zero-order chi connectivity index (χ0) is 12.8. The number of rotatable bonds is 5. The quantitative estimate of drug-likeness (QED) is 0.721. The normalized spacial score (nSPS) is 24.4. The molecule has 17 heavy (non-hydrogen) atoms. The van der Waals surface area contributed by atoms with Gasteiger partial charge in [0.15, 0.2) is 0 Å². The van der Waals surface area contributed by atoms with Crippen molar-refractivity contribution in [3.8, 4) is 0 Å². The van der Waals surface area contributed by atoms with Gasteiger partial charge >= 0.3 is 6.09 Å². The van der Waals surface area contributed by atoms with E-state index in [0.717, 1.165) is 32.1 Å². The van der Waals surface area contributed by atoms with E-state index in [1.807, 2.05) is 18.7 Å². The summed E-state index contributed by atoms with van der Waals surface area (Å²) in [6, 6.07) is 0.569. The van der Waals surface area contributed by atoms with Gasteiger partial charge in [0.05, 0.1) is 0 Å². The van der Waals surface area contributed by atoms with Crippen molar-refractivity contribution in [1.82, 2.24) is 10.2 Å². The molecule has 0 aromatic heterocycles. The lowest BCUT2D eigenvalue weighted by molar-refractivity contribution is -0.122. The molecule has 5 heteroatoms. The maximum atomic E-state index is 11.0. The fourth-order valence-corrected chi connectivity index (χ4v) is 2.51. The van der Waals surface area contributed by atoms with Crippen LogP contribution < -0.4 is 5.32 Å². The van der Waals surface area contributed by atoms with Crippen LogP contribution in [0.1, 0.15) is 39.5 Å². The predicted molar refractivity (Wildman–Crippen MR) is 64.8 cm³/mol. The Bertz CT molecular complexity index is 260. The molecule has 0 atom stereocenters. The van der Waals surface area contributed by atoms with E-state index in [1.165, 1.54) is 0 Å². The molecule has 0 aromatic carbocycles. The second-order valence-electron chi connectivity index (χ2n) is 5.01. The highest BCUT2D eigenvalue weighted by atomic mass is 16.4. The van der Waals surface area contributed by atoms with Gasteiger partial charge in [0, 0.05) is 18.6 Å². The van der Waals surface area contributed by atoms with Gasteiger partial charge in [-0.1, -0.05) is 0 Å². The first kappa shape index (κ1) is 13.8. The van der Waals surface area contributed by atoms with E-state index >= 15 is 0 Å². The van der Waals surface area contributed by atoms with E-state index < -0.39 is 6.09 Å². The summed E-state index contributed by atoms with van der Waals surface area (Å²) >= 11 is 0. The minimum absolute atomic E-state index is 0.242. The van der Waals surface area contributed by atoms with Crippen molar-refractivity contribution >= 4 is 12.5 Å². The Morgan fingerprint density at radius 2 is 2.00 bits per heavy atom. The zero-order valence-electron chi connectivity index (χ0n) is 10.6. The van der Waals surface area contributed by atoms with Gasteiger partial charge in [-0.25, -0.2) is 4.79 Å². The van der Waals surface area contributed by atoms with Gasteiger partial charge in [-0.05, 0) is 45.4 Å². The van der Waals surface area contributed by atoms with Crippen LogP contribution >= 0.6 is 0 Å². The summed E-state index contributed by atoms with van der Waals surface area (Å²) in [5.41, 5.74) is 0. The second kappa shape index (κ2) is 6.47. The lowest BCUT2D eigenvalue weighted by Crippen LogP contribution is -2.42. The first-order valence-corrected chi connectivity index (χ1v) is 6.24. The number of nitrogens with one attached hydrogen (secondary N) is 1. The van der Waals surface area contributed by atoms with Gasteiger partial charge in [0.1, 0.15) is 0 Å². The van der Waals surface area contributed by atoms with E-state index in [0.29, 0.717) is 18.5 Å². The number of hydrogen-bond donors (Lipinski definition) is 2. The lowest BCUT2D eigenvalue weighted by Gasteiger charge is -2.36. The molecule has 0 radical (unpaired) electrons. The molecule has 5 nitrogen and oxygen atoms in total. The summed E-state index contributed by atoms with van der Waals surface area (Å²) in [7, 11) is 0. The molecule has 1 fully saturated rings. The third-order valence-electron chi connectivity index (χ3n) is 3.50. The third-order valence-corrected chi connectivity index (χ3v) is 3.50. The summed E-state index contributed by atoms with van der Waals surface area (Å²) in [5.74, 6) is 0.419. The number of nitrogens with zero attached hydrogens (tertiary/aromatic N) is 1. The molecule has 0 bridgehead atoms.